The number of hydrogen-bond acceptors (Lipinski definition) is 5. The second-order valence-corrected chi connectivity index (χ2v) is 7.63. The number of pyridine rings is 2. The fourth-order valence-corrected chi connectivity index (χ4v) is 3.84. The van der Waals surface area contributed by atoms with E-state index in [1.165, 1.54) is 4.90 Å². The Balaban J connectivity index is 1.94. The summed E-state index contributed by atoms with van der Waals surface area (Å²) in [6.07, 6.45) is 3.25. The smallest absolute Gasteiger partial charge is 0.228 e. The van der Waals surface area contributed by atoms with Crippen molar-refractivity contribution in [3.63, 3.8) is 0 Å². The third-order valence-electron chi connectivity index (χ3n) is 4.28. The van der Waals surface area contributed by atoms with Gasteiger partial charge in [0, 0.05) is 36.1 Å². The van der Waals surface area contributed by atoms with Crippen LogP contribution in [0.15, 0.2) is 42.7 Å². The standard InChI is InChI=1S/C16H14N4O3S/c17-24(22,23)11-8-14(21)20(9-11)13-7-10-3-1-5-18-15(10)16-12(13)4-2-6-19-16/h1-7,11H,8-9H2,(H2,17,22,23). The fourth-order valence-electron chi connectivity index (χ4n) is 3.11. The first-order valence-electron chi connectivity index (χ1n) is 7.39. The summed E-state index contributed by atoms with van der Waals surface area (Å²) in [5.41, 5.74) is 2.05. The van der Waals surface area contributed by atoms with Gasteiger partial charge in [-0.2, -0.15) is 0 Å². The van der Waals surface area contributed by atoms with Gasteiger partial charge in [-0.3, -0.25) is 14.8 Å². The van der Waals surface area contributed by atoms with E-state index < -0.39 is 15.3 Å². The molecule has 2 aromatic heterocycles. The van der Waals surface area contributed by atoms with Gasteiger partial charge in [0.15, 0.2) is 0 Å². The molecule has 1 aromatic carbocycles. The number of nitrogens with zero attached hydrogens (tertiary/aromatic N) is 3. The molecule has 0 spiro atoms. The minimum absolute atomic E-state index is 0.0490. The molecule has 2 N–H and O–H groups in total. The van der Waals surface area contributed by atoms with Gasteiger partial charge in [0.05, 0.1) is 16.7 Å². The van der Waals surface area contributed by atoms with Crippen LogP contribution in [-0.2, 0) is 14.8 Å². The summed E-state index contributed by atoms with van der Waals surface area (Å²) in [5.74, 6) is -0.262. The summed E-state index contributed by atoms with van der Waals surface area (Å²) in [4.78, 5) is 22.6. The highest BCUT2D eigenvalue weighted by atomic mass is 32.2. The van der Waals surface area contributed by atoms with Crippen molar-refractivity contribution in [1.29, 1.82) is 0 Å². The molecule has 0 radical (unpaired) electrons. The second kappa shape index (κ2) is 5.22. The normalized spacial score (nSPS) is 18.6. The number of aromatic nitrogens is 2. The van der Waals surface area contributed by atoms with E-state index in [2.05, 4.69) is 9.97 Å². The summed E-state index contributed by atoms with van der Waals surface area (Å²) in [6.45, 7) is 0.0490. The first-order chi connectivity index (χ1) is 11.4. The largest absolute Gasteiger partial charge is 0.310 e. The van der Waals surface area contributed by atoms with Gasteiger partial charge in [-0.15, -0.1) is 0 Å². The van der Waals surface area contributed by atoms with Crippen molar-refractivity contribution < 1.29 is 13.2 Å². The molecule has 7 nitrogen and oxygen atoms in total. The fraction of sp³-hybridized carbons (Fsp3) is 0.188. The van der Waals surface area contributed by atoms with E-state index in [4.69, 9.17) is 5.14 Å². The Morgan fingerprint density at radius 3 is 2.54 bits per heavy atom. The minimum atomic E-state index is -3.76. The van der Waals surface area contributed by atoms with E-state index in [1.807, 2.05) is 18.2 Å². The Hall–Kier alpha value is -2.58. The maximum atomic E-state index is 12.4. The average Bonchev–Trinajstić information content (AvgIpc) is 2.96. The van der Waals surface area contributed by atoms with Crippen molar-refractivity contribution in [2.24, 2.45) is 5.14 Å². The zero-order valence-electron chi connectivity index (χ0n) is 12.6. The van der Waals surface area contributed by atoms with Crippen molar-refractivity contribution in [2.75, 3.05) is 11.4 Å². The number of fused-ring (bicyclic) bond motifs is 3. The highest BCUT2D eigenvalue weighted by molar-refractivity contribution is 7.89. The zero-order chi connectivity index (χ0) is 16.9. The van der Waals surface area contributed by atoms with E-state index in [0.29, 0.717) is 11.2 Å². The number of amides is 1. The van der Waals surface area contributed by atoms with Gasteiger partial charge in [0.25, 0.3) is 0 Å². The molecule has 0 saturated carbocycles. The van der Waals surface area contributed by atoms with Gasteiger partial charge in [-0.05, 0) is 24.3 Å². The Labute approximate surface area is 138 Å². The Morgan fingerprint density at radius 2 is 1.83 bits per heavy atom. The lowest BCUT2D eigenvalue weighted by Crippen LogP contribution is -2.32. The summed E-state index contributed by atoms with van der Waals surface area (Å²) >= 11 is 0. The Kier molecular flexibility index (Phi) is 3.26. The molecule has 1 saturated heterocycles. The Bertz CT molecular complexity index is 1080. The van der Waals surface area contributed by atoms with Gasteiger partial charge in [-0.1, -0.05) is 6.07 Å². The average molecular weight is 342 g/mol. The molecule has 0 bridgehead atoms. The third-order valence-corrected chi connectivity index (χ3v) is 5.53. The van der Waals surface area contributed by atoms with Crippen molar-refractivity contribution in [2.45, 2.75) is 11.7 Å². The monoisotopic (exact) mass is 342 g/mol. The van der Waals surface area contributed by atoms with Crippen LogP contribution in [0.3, 0.4) is 0 Å². The summed E-state index contributed by atoms with van der Waals surface area (Å²) in [7, 11) is -3.76. The van der Waals surface area contributed by atoms with Gasteiger partial charge >= 0.3 is 0 Å². The van der Waals surface area contributed by atoms with Crippen LogP contribution in [0.25, 0.3) is 21.8 Å². The van der Waals surface area contributed by atoms with Crippen LogP contribution in [0, 0.1) is 0 Å². The molecule has 1 aliphatic heterocycles. The molecular formula is C16H14N4O3S. The molecule has 4 rings (SSSR count). The topological polar surface area (TPSA) is 106 Å². The maximum Gasteiger partial charge on any atom is 0.228 e. The lowest BCUT2D eigenvalue weighted by Gasteiger charge is -2.19. The van der Waals surface area contributed by atoms with Crippen molar-refractivity contribution in [3.8, 4) is 0 Å². The molecule has 1 aliphatic rings. The second-order valence-electron chi connectivity index (χ2n) is 5.79. The van der Waals surface area contributed by atoms with Gasteiger partial charge in [0.1, 0.15) is 5.25 Å². The summed E-state index contributed by atoms with van der Waals surface area (Å²) in [5, 5.41) is 5.92. The highest BCUT2D eigenvalue weighted by Crippen LogP contribution is 2.34. The molecule has 1 unspecified atom stereocenters. The number of benzene rings is 1. The molecule has 122 valence electrons. The number of anilines is 1. The molecule has 0 aliphatic carbocycles. The molecule has 1 fully saturated rings. The van der Waals surface area contributed by atoms with E-state index in [1.54, 1.807) is 24.5 Å². The lowest BCUT2D eigenvalue weighted by molar-refractivity contribution is -0.117. The van der Waals surface area contributed by atoms with Crippen LogP contribution >= 0.6 is 0 Å². The molecule has 8 heteroatoms. The Morgan fingerprint density at radius 1 is 1.12 bits per heavy atom. The van der Waals surface area contributed by atoms with Crippen LogP contribution in [0.1, 0.15) is 6.42 Å². The number of carbonyl (C=O) groups is 1. The molecule has 3 heterocycles. The quantitative estimate of drug-likeness (QED) is 0.704. The molecule has 1 amide bonds. The molecule has 1 atom stereocenters. The number of primary sulfonamides is 1. The predicted octanol–water partition coefficient (Wildman–Crippen LogP) is 1.18. The summed E-state index contributed by atoms with van der Waals surface area (Å²) < 4.78 is 23.2. The van der Waals surface area contributed by atoms with Crippen LogP contribution in [0.2, 0.25) is 0 Å². The first kappa shape index (κ1) is 15.0. The van der Waals surface area contributed by atoms with Gasteiger partial charge in [-0.25, -0.2) is 13.6 Å². The maximum absolute atomic E-state index is 12.4. The van der Waals surface area contributed by atoms with Gasteiger partial charge < -0.3 is 4.90 Å². The number of carbonyl (C=O) groups excluding carboxylic acids is 1. The minimum Gasteiger partial charge on any atom is -0.310 e. The lowest BCUT2D eigenvalue weighted by atomic mass is 10.1. The van der Waals surface area contributed by atoms with Crippen LogP contribution in [0.4, 0.5) is 5.69 Å². The van der Waals surface area contributed by atoms with Crippen molar-refractivity contribution >= 4 is 43.4 Å². The zero-order valence-corrected chi connectivity index (χ0v) is 13.4. The molecule has 24 heavy (non-hydrogen) atoms. The van der Waals surface area contributed by atoms with E-state index >= 15 is 0 Å². The third kappa shape index (κ3) is 2.31. The molecular weight excluding hydrogens is 328 g/mol. The SMILES string of the molecule is NS(=O)(=O)C1CC(=O)N(c2cc3cccnc3c3ncccc23)C1. The van der Waals surface area contributed by atoms with Crippen LogP contribution in [-0.4, -0.2) is 36.1 Å². The van der Waals surface area contributed by atoms with Gasteiger partial charge in [0.2, 0.25) is 15.9 Å². The summed E-state index contributed by atoms with van der Waals surface area (Å²) in [6, 6.07) is 9.16. The van der Waals surface area contributed by atoms with E-state index in [9.17, 15) is 13.2 Å². The number of rotatable bonds is 2. The van der Waals surface area contributed by atoms with Crippen LogP contribution < -0.4 is 10.0 Å². The van der Waals surface area contributed by atoms with E-state index in [0.717, 1.165) is 16.3 Å². The van der Waals surface area contributed by atoms with Crippen molar-refractivity contribution in [1.82, 2.24) is 9.97 Å². The van der Waals surface area contributed by atoms with E-state index in [-0.39, 0.29) is 18.9 Å². The number of hydrogen-bond donors (Lipinski definition) is 1. The van der Waals surface area contributed by atoms with Crippen LogP contribution in [0.5, 0.6) is 0 Å². The highest BCUT2D eigenvalue weighted by Gasteiger charge is 2.37. The predicted molar refractivity (Wildman–Crippen MR) is 90.9 cm³/mol. The number of sulfonamides is 1. The molecule has 3 aromatic rings. The van der Waals surface area contributed by atoms with Crippen molar-refractivity contribution in [3.05, 3.63) is 42.7 Å². The first-order valence-corrected chi connectivity index (χ1v) is 9.00. The number of nitrogens with two attached hydrogens (primary N) is 1.